The standard InChI is InChI=1S/C15H20N2/c1-2-3-4-10-14(16)13-9-5-7-12-8-6-11-17-15(12)13/h5-9,11,14H,2-4,10,16H2,1H3. The smallest absolute Gasteiger partial charge is 0.0749 e. The molecule has 1 aromatic carbocycles. The summed E-state index contributed by atoms with van der Waals surface area (Å²) in [5.74, 6) is 0. The van der Waals surface area contributed by atoms with Gasteiger partial charge in [-0.25, -0.2) is 0 Å². The van der Waals surface area contributed by atoms with Gasteiger partial charge in [0.2, 0.25) is 0 Å². The molecule has 0 bridgehead atoms. The molecule has 2 rings (SSSR count). The number of pyridine rings is 1. The van der Waals surface area contributed by atoms with Crippen molar-refractivity contribution in [3.8, 4) is 0 Å². The van der Waals surface area contributed by atoms with Crippen molar-refractivity contribution in [1.29, 1.82) is 0 Å². The molecular weight excluding hydrogens is 208 g/mol. The summed E-state index contributed by atoms with van der Waals surface area (Å²) in [4.78, 5) is 4.45. The van der Waals surface area contributed by atoms with Crippen LogP contribution in [0.4, 0.5) is 0 Å². The molecule has 1 aromatic heterocycles. The fraction of sp³-hybridized carbons (Fsp3) is 0.400. The lowest BCUT2D eigenvalue weighted by atomic mass is 9.98. The number of fused-ring (bicyclic) bond motifs is 1. The van der Waals surface area contributed by atoms with Gasteiger partial charge in [0.05, 0.1) is 5.52 Å². The topological polar surface area (TPSA) is 38.9 Å². The van der Waals surface area contributed by atoms with Crippen LogP contribution in [0.1, 0.15) is 44.2 Å². The molecule has 0 aliphatic carbocycles. The number of aromatic nitrogens is 1. The number of benzene rings is 1. The summed E-state index contributed by atoms with van der Waals surface area (Å²) in [6, 6.07) is 10.4. The van der Waals surface area contributed by atoms with Gasteiger partial charge in [0, 0.05) is 17.6 Å². The second kappa shape index (κ2) is 5.78. The molecule has 1 atom stereocenters. The average molecular weight is 228 g/mol. The van der Waals surface area contributed by atoms with Crippen molar-refractivity contribution in [1.82, 2.24) is 4.98 Å². The normalized spacial score (nSPS) is 12.8. The SMILES string of the molecule is CCCCCC(N)c1cccc2cccnc12. The van der Waals surface area contributed by atoms with Crippen LogP contribution in [0.3, 0.4) is 0 Å². The molecule has 0 aliphatic rings. The summed E-state index contributed by atoms with van der Waals surface area (Å²) < 4.78 is 0. The zero-order valence-corrected chi connectivity index (χ0v) is 10.4. The molecule has 2 nitrogen and oxygen atoms in total. The Hall–Kier alpha value is -1.41. The van der Waals surface area contributed by atoms with Crippen molar-refractivity contribution in [2.24, 2.45) is 5.73 Å². The molecule has 0 spiro atoms. The largest absolute Gasteiger partial charge is 0.324 e. The number of unbranched alkanes of at least 4 members (excludes halogenated alkanes) is 2. The molecular formula is C15H20N2. The second-order valence-corrected chi connectivity index (χ2v) is 4.52. The van der Waals surface area contributed by atoms with Gasteiger partial charge in [-0.15, -0.1) is 0 Å². The lowest BCUT2D eigenvalue weighted by molar-refractivity contribution is 0.583. The fourth-order valence-corrected chi connectivity index (χ4v) is 2.20. The van der Waals surface area contributed by atoms with Crippen LogP contribution in [0.5, 0.6) is 0 Å². The van der Waals surface area contributed by atoms with Gasteiger partial charge < -0.3 is 5.73 Å². The minimum absolute atomic E-state index is 0.111. The summed E-state index contributed by atoms with van der Waals surface area (Å²) in [7, 11) is 0. The first-order valence-electron chi connectivity index (χ1n) is 6.42. The van der Waals surface area contributed by atoms with E-state index in [0.717, 1.165) is 11.9 Å². The molecule has 0 saturated heterocycles. The highest BCUT2D eigenvalue weighted by molar-refractivity contribution is 5.81. The van der Waals surface area contributed by atoms with Crippen molar-refractivity contribution >= 4 is 10.9 Å². The van der Waals surface area contributed by atoms with Crippen LogP contribution in [0.15, 0.2) is 36.5 Å². The zero-order valence-electron chi connectivity index (χ0n) is 10.4. The first-order chi connectivity index (χ1) is 8.33. The van der Waals surface area contributed by atoms with Crippen LogP contribution in [0, 0.1) is 0 Å². The third-order valence-electron chi connectivity index (χ3n) is 3.18. The lowest BCUT2D eigenvalue weighted by Gasteiger charge is -2.13. The van der Waals surface area contributed by atoms with E-state index in [1.807, 2.05) is 12.3 Å². The number of nitrogens with zero attached hydrogens (tertiary/aromatic N) is 1. The molecule has 0 fully saturated rings. The Morgan fingerprint density at radius 3 is 2.82 bits per heavy atom. The van der Waals surface area contributed by atoms with E-state index in [4.69, 9.17) is 5.73 Å². The van der Waals surface area contributed by atoms with Gasteiger partial charge in [0.15, 0.2) is 0 Å². The molecule has 2 heteroatoms. The Balaban J connectivity index is 2.22. The van der Waals surface area contributed by atoms with E-state index in [1.165, 1.54) is 30.2 Å². The quantitative estimate of drug-likeness (QED) is 0.790. The molecule has 17 heavy (non-hydrogen) atoms. The van der Waals surface area contributed by atoms with Gasteiger partial charge in [-0.05, 0) is 18.1 Å². The number of hydrogen-bond acceptors (Lipinski definition) is 2. The molecule has 0 saturated carbocycles. The van der Waals surface area contributed by atoms with Crippen LogP contribution in [0.2, 0.25) is 0 Å². The third-order valence-corrected chi connectivity index (χ3v) is 3.18. The van der Waals surface area contributed by atoms with E-state index in [1.54, 1.807) is 0 Å². The van der Waals surface area contributed by atoms with Gasteiger partial charge in [0.1, 0.15) is 0 Å². The molecule has 2 N–H and O–H groups in total. The van der Waals surface area contributed by atoms with Gasteiger partial charge in [-0.3, -0.25) is 4.98 Å². The summed E-state index contributed by atoms with van der Waals surface area (Å²) in [5.41, 5.74) is 8.50. The van der Waals surface area contributed by atoms with Gasteiger partial charge in [0.25, 0.3) is 0 Å². The Labute approximate surface area is 103 Å². The van der Waals surface area contributed by atoms with Gasteiger partial charge in [-0.2, -0.15) is 0 Å². The van der Waals surface area contributed by atoms with Gasteiger partial charge in [-0.1, -0.05) is 50.5 Å². The number of hydrogen-bond donors (Lipinski definition) is 1. The zero-order chi connectivity index (χ0) is 12.1. The molecule has 0 amide bonds. The van der Waals surface area contributed by atoms with Crippen LogP contribution < -0.4 is 5.73 Å². The van der Waals surface area contributed by atoms with Crippen LogP contribution in [0.25, 0.3) is 10.9 Å². The van der Waals surface area contributed by atoms with E-state index >= 15 is 0 Å². The molecule has 0 aliphatic heterocycles. The third kappa shape index (κ3) is 2.83. The minimum Gasteiger partial charge on any atom is -0.324 e. The van der Waals surface area contributed by atoms with Crippen molar-refractivity contribution < 1.29 is 0 Å². The van der Waals surface area contributed by atoms with Crippen molar-refractivity contribution in [2.75, 3.05) is 0 Å². The maximum atomic E-state index is 6.26. The fourth-order valence-electron chi connectivity index (χ4n) is 2.20. The maximum Gasteiger partial charge on any atom is 0.0749 e. The van der Waals surface area contributed by atoms with Crippen LogP contribution >= 0.6 is 0 Å². The van der Waals surface area contributed by atoms with Crippen molar-refractivity contribution in [2.45, 2.75) is 38.6 Å². The maximum absolute atomic E-state index is 6.26. The summed E-state index contributed by atoms with van der Waals surface area (Å²) in [6.07, 6.45) is 6.57. The van der Waals surface area contributed by atoms with E-state index < -0.39 is 0 Å². The van der Waals surface area contributed by atoms with Gasteiger partial charge >= 0.3 is 0 Å². The first kappa shape index (κ1) is 12.1. The van der Waals surface area contributed by atoms with Crippen LogP contribution in [-0.2, 0) is 0 Å². The predicted octanol–water partition coefficient (Wildman–Crippen LogP) is 3.81. The van der Waals surface area contributed by atoms with Crippen molar-refractivity contribution in [3.05, 3.63) is 42.1 Å². The summed E-state index contributed by atoms with van der Waals surface area (Å²) in [5, 5.41) is 1.18. The van der Waals surface area contributed by atoms with Crippen molar-refractivity contribution in [3.63, 3.8) is 0 Å². The molecule has 90 valence electrons. The van der Waals surface area contributed by atoms with E-state index in [2.05, 4.69) is 36.2 Å². The predicted molar refractivity (Wildman–Crippen MR) is 72.8 cm³/mol. The van der Waals surface area contributed by atoms with Crippen LogP contribution in [-0.4, -0.2) is 4.98 Å². The monoisotopic (exact) mass is 228 g/mol. The first-order valence-corrected chi connectivity index (χ1v) is 6.42. The minimum atomic E-state index is 0.111. The Morgan fingerprint density at radius 1 is 1.18 bits per heavy atom. The average Bonchev–Trinajstić information content (AvgIpc) is 2.38. The second-order valence-electron chi connectivity index (χ2n) is 4.52. The lowest BCUT2D eigenvalue weighted by Crippen LogP contribution is -2.11. The molecule has 2 aromatic rings. The highest BCUT2D eigenvalue weighted by atomic mass is 14.7. The molecule has 0 radical (unpaired) electrons. The Kier molecular flexibility index (Phi) is 4.10. The van der Waals surface area contributed by atoms with E-state index in [9.17, 15) is 0 Å². The summed E-state index contributed by atoms with van der Waals surface area (Å²) >= 11 is 0. The number of nitrogens with two attached hydrogens (primary N) is 1. The number of rotatable bonds is 5. The molecule has 1 heterocycles. The Morgan fingerprint density at radius 2 is 2.00 bits per heavy atom. The summed E-state index contributed by atoms with van der Waals surface area (Å²) in [6.45, 7) is 2.21. The van der Waals surface area contributed by atoms with E-state index in [-0.39, 0.29) is 6.04 Å². The molecule has 1 unspecified atom stereocenters. The number of para-hydroxylation sites is 1. The highest BCUT2D eigenvalue weighted by Crippen LogP contribution is 2.24. The highest BCUT2D eigenvalue weighted by Gasteiger charge is 2.09. The Bertz CT molecular complexity index is 474. The van der Waals surface area contributed by atoms with E-state index in [0.29, 0.717) is 0 Å².